The average Bonchev–Trinajstić information content (AvgIpc) is 2.91. The maximum Gasteiger partial charge on any atom is 0.167 e. The lowest BCUT2D eigenvalue weighted by atomic mass is 10.1. The molecule has 0 spiro atoms. The van der Waals surface area contributed by atoms with Crippen molar-refractivity contribution in [1.29, 1.82) is 0 Å². The minimum atomic E-state index is -1.48. The number of thioether (sulfide) groups is 1. The van der Waals surface area contributed by atoms with Crippen LogP contribution in [0.25, 0.3) is 0 Å². The van der Waals surface area contributed by atoms with Crippen LogP contribution in [0, 0.1) is 0 Å². The number of nitrogens with two attached hydrogens (primary N) is 1. The zero-order valence-corrected chi connectivity index (χ0v) is 11.4. The molecule has 0 saturated carbocycles. The number of aliphatic hydroxyl groups is 2. The molecule has 1 aliphatic rings. The Kier molecular flexibility index (Phi) is 5.62. The van der Waals surface area contributed by atoms with Gasteiger partial charge in [-0.2, -0.15) is 0 Å². The molecule has 1 aromatic rings. The summed E-state index contributed by atoms with van der Waals surface area (Å²) in [4.78, 5) is 1.13. The van der Waals surface area contributed by atoms with E-state index in [1.54, 1.807) is 11.8 Å². The van der Waals surface area contributed by atoms with Crippen LogP contribution in [0.15, 0.2) is 29.2 Å². The number of aliphatic hydroxyl groups excluding tert-OH is 1. The van der Waals surface area contributed by atoms with E-state index in [0.717, 1.165) is 16.2 Å². The quantitative estimate of drug-likeness (QED) is 0.516. The molecule has 1 aromatic carbocycles. The summed E-state index contributed by atoms with van der Waals surface area (Å²) in [7, 11) is 0. The van der Waals surface area contributed by atoms with Gasteiger partial charge in [0.25, 0.3) is 0 Å². The standard InChI is InChI=1S/C13H19NO4S/c14-11(13(15)16)7-9-1-3-10(4-2-9)19-8-12-17-5-6-18-12/h1-4,11-13,15-16H,5-8,14H2. The Hall–Kier alpha value is -0.630. The molecule has 1 fully saturated rings. The Bertz CT molecular complexity index is 379. The molecule has 0 aliphatic carbocycles. The van der Waals surface area contributed by atoms with Crippen LogP contribution >= 0.6 is 11.8 Å². The van der Waals surface area contributed by atoms with E-state index >= 15 is 0 Å². The monoisotopic (exact) mass is 285 g/mol. The van der Waals surface area contributed by atoms with E-state index in [4.69, 9.17) is 25.4 Å². The Morgan fingerprint density at radius 2 is 1.84 bits per heavy atom. The smallest absolute Gasteiger partial charge is 0.167 e. The van der Waals surface area contributed by atoms with Gasteiger partial charge in [0.05, 0.1) is 19.3 Å². The van der Waals surface area contributed by atoms with Gasteiger partial charge in [-0.05, 0) is 24.1 Å². The SMILES string of the molecule is NC(Cc1ccc(SCC2OCCO2)cc1)C(O)O. The molecule has 5 nitrogen and oxygen atoms in total. The molecule has 1 heterocycles. The van der Waals surface area contributed by atoms with E-state index in [2.05, 4.69) is 0 Å². The predicted molar refractivity (Wildman–Crippen MR) is 72.8 cm³/mol. The van der Waals surface area contributed by atoms with Gasteiger partial charge in [0.15, 0.2) is 12.6 Å². The van der Waals surface area contributed by atoms with Gasteiger partial charge in [-0.15, -0.1) is 11.8 Å². The van der Waals surface area contributed by atoms with Gasteiger partial charge < -0.3 is 25.4 Å². The zero-order valence-electron chi connectivity index (χ0n) is 10.6. The van der Waals surface area contributed by atoms with E-state index in [0.29, 0.717) is 19.6 Å². The molecule has 0 amide bonds. The number of hydrogen-bond acceptors (Lipinski definition) is 6. The Balaban J connectivity index is 1.80. The molecule has 1 unspecified atom stereocenters. The third kappa shape index (κ3) is 4.76. The Morgan fingerprint density at radius 3 is 2.42 bits per heavy atom. The molecule has 0 radical (unpaired) electrons. The van der Waals surface area contributed by atoms with Crippen molar-refractivity contribution in [2.45, 2.75) is 29.9 Å². The molecule has 4 N–H and O–H groups in total. The number of ether oxygens (including phenoxy) is 2. The lowest BCUT2D eigenvalue weighted by Gasteiger charge is -2.13. The van der Waals surface area contributed by atoms with Crippen molar-refractivity contribution in [3.8, 4) is 0 Å². The van der Waals surface area contributed by atoms with E-state index < -0.39 is 12.3 Å². The fourth-order valence-electron chi connectivity index (χ4n) is 1.77. The molecule has 0 bridgehead atoms. The van der Waals surface area contributed by atoms with Crippen LogP contribution < -0.4 is 5.73 Å². The third-order valence-corrected chi connectivity index (χ3v) is 3.90. The second-order valence-corrected chi connectivity index (χ2v) is 5.50. The molecule has 2 rings (SSSR count). The minimum Gasteiger partial charge on any atom is -0.367 e. The number of benzene rings is 1. The minimum absolute atomic E-state index is 0.109. The first-order valence-electron chi connectivity index (χ1n) is 6.22. The molecule has 6 heteroatoms. The van der Waals surface area contributed by atoms with Crippen LogP contribution in [-0.2, 0) is 15.9 Å². The van der Waals surface area contributed by atoms with E-state index in [1.807, 2.05) is 24.3 Å². The highest BCUT2D eigenvalue weighted by atomic mass is 32.2. The van der Waals surface area contributed by atoms with Crippen LogP contribution in [0.3, 0.4) is 0 Å². The van der Waals surface area contributed by atoms with Gasteiger partial charge in [-0.3, -0.25) is 0 Å². The van der Waals surface area contributed by atoms with Crippen molar-refractivity contribution in [3.63, 3.8) is 0 Å². The van der Waals surface area contributed by atoms with E-state index in [1.165, 1.54) is 0 Å². The first-order valence-corrected chi connectivity index (χ1v) is 7.20. The molecule has 1 aliphatic heterocycles. The second-order valence-electron chi connectivity index (χ2n) is 4.41. The Labute approximate surface area is 116 Å². The largest absolute Gasteiger partial charge is 0.367 e. The number of rotatable bonds is 6. The first kappa shape index (κ1) is 14.8. The van der Waals surface area contributed by atoms with Crippen LogP contribution in [-0.4, -0.2) is 47.8 Å². The highest BCUT2D eigenvalue weighted by Gasteiger charge is 2.16. The molecular formula is C13H19NO4S. The zero-order chi connectivity index (χ0) is 13.7. The van der Waals surface area contributed by atoms with Gasteiger partial charge >= 0.3 is 0 Å². The van der Waals surface area contributed by atoms with Gasteiger partial charge in [0.2, 0.25) is 0 Å². The van der Waals surface area contributed by atoms with Crippen molar-refractivity contribution in [3.05, 3.63) is 29.8 Å². The third-order valence-electron chi connectivity index (χ3n) is 2.85. The van der Waals surface area contributed by atoms with E-state index in [9.17, 15) is 0 Å². The van der Waals surface area contributed by atoms with E-state index in [-0.39, 0.29) is 6.29 Å². The molecule has 0 aromatic heterocycles. The summed E-state index contributed by atoms with van der Waals surface area (Å²) < 4.78 is 10.7. The summed E-state index contributed by atoms with van der Waals surface area (Å²) in [6.45, 7) is 1.34. The lowest BCUT2D eigenvalue weighted by molar-refractivity contribution is -0.0577. The van der Waals surface area contributed by atoms with Crippen molar-refractivity contribution in [1.82, 2.24) is 0 Å². The summed E-state index contributed by atoms with van der Waals surface area (Å²) in [5, 5.41) is 17.9. The maximum atomic E-state index is 8.94. The van der Waals surface area contributed by atoms with Crippen LogP contribution in [0.1, 0.15) is 5.56 Å². The van der Waals surface area contributed by atoms with Gasteiger partial charge in [-0.1, -0.05) is 12.1 Å². The first-order chi connectivity index (χ1) is 9.15. The van der Waals surface area contributed by atoms with Crippen molar-refractivity contribution in [2.24, 2.45) is 5.73 Å². The highest BCUT2D eigenvalue weighted by molar-refractivity contribution is 7.99. The molecule has 19 heavy (non-hydrogen) atoms. The van der Waals surface area contributed by atoms with Gasteiger partial charge in [0.1, 0.15) is 0 Å². The molecular weight excluding hydrogens is 266 g/mol. The lowest BCUT2D eigenvalue weighted by Crippen LogP contribution is -2.36. The average molecular weight is 285 g/mol. The Morgan fingerprint density at radius 1 is 1.21 bits per heavy atom. The fraction of sp³-hybridized carbons (Fsp3) is 0.538. The van der Waals surface area contributed by atoms with Crippen molar-refractivity contribution in [2.75, 3.05) is 19.0 Å². The van der Waals surface area contributed by atoms with Crippen molar-refractivity contribution < 1.29 is 19.7 Å². The van der Waals surface area contributed by atoms with Gasteiger partial charge in [-0.25, -0.2) is 0 Å². The summed E-state index contributed by atoms with van der Waals surface area (Å²) in [5.41, 5.74) is 6.57. The topological polar surface area (TPSA) is 84.9 Å². The van der Waals surface area contributed by atoms with Crippen LogP contribution in [0.4, 0.5) is 0 Å². The summed E-state index contributed by atoms with van der Waals surface area (Å²) in [6, 6.07) is 7.22. The summed E-state index contributed by atoms with van der Waals surface area (Å²) in [6.07, 6.45) is -1.15. The van der Waals surface area contributed by atoms with Crippen LogP contribution in [0.5, 0.6) is 0 Å². The number of hydrogen-bond donors (Lipinski definition) is 3. The predicted octanol–water partition coefficient (Wildman–Crippen LogP) is 0.332. The molecule has 106 valence electrons. The summed E-state index contributed by atoms with van der Waals surface area (Å²) in [5.74, 6) is 0.772. The second kappa shape index (κ2) is 7.23. The fourth-order valence-corrected chi connectivity index (χ4v) is 2.62. The highest BCUT2D eigenvalue weighted by Crippen LogP contribution is 2.22. The summed E-state index contributed by atoms with van der Waals surface area (Å²) >= 11 is 1.67. The van der Waals surface area contributed by atoms with Gasteiger partial charge in [0, 0.05) is 10.6 Å². The molecule has 1 atom stereocenters. The van der Waals surface area contributed by atoms with Crippen molar-refractivity contribution >= 4 is 11.8 Å². The maximum absolute atomic E-state index is 8.94. The molecule has 1 saturated heterocycles. The van der Waals surface area contributed by atoms with Crippen LogP contribution in [0.2, 0.25) is 0 Å². The normalized spacial score (nSPS) is 18.1.